The predicted molar refractivity (Wildman–Crippen MR) is 65.4 cm³/mol. The molecule has 0 aromatic carbocycles. The number of nitrogens with one attached hydrogen (secondary N) is 1. The first kappa shape index (κ1) is 10.1. The van der Waals surface area contributed by atoms with Crippen LogP contribution in [0.1, 0.15) is 0 Å². The number of rotatable bonds is 1. The first-order valence-electron chi connectivity index (χ1n) is 4.17. The summed E-state index contributed by atoms with van der Waals surface area (Å²) < 4.78 is 1.06. The molecule has 2 heterocycles. The van der Waals surface area contributed by atoms with Gasteiger partial charge in [0.1, 0.15) is 9.52 Å². The van der Waals surface area contributed by atoms with E-state index in [2.05, 4.69) is 27.9 Å². The van der Waals surface area contributed by atoms with Gasteiger partial charge in [-0.05, 0) is 40.3 Å². The Morgan fingerprint density at radius 2 is 2.27 bits per heavy atom. The average molecular weight is 316 g/mol. The summed E-state index contributed by atoms with van der Waals surface area (Å²) in [5.74, 6) is 0.907. The Balaban J connectivity index is 2.21. The standard InChI is InChI=1S/C9H7IN3O2/c10-8-6-11-9-5-7(1-3-12(8)9)2-4-13(14)15/h1-6,11H/q-1. The zero-order valence-corrected chi connectivity index (χ0v) is 9.71. The predicted octanol–water partition coefficient (Wildman–Crippen LogP) is 1.50. The van der Waals surface area contributed by atoms with Gasteiger partial charge in [-0.15, -0.1) is 0 Å². The molecule has 78 valence electrons. The molecule has 0 saturated heterocycles. The summed E-state index contributed by atoms with van der Waals surface area (Å²) in [6.45, 7) is 0. The Labute approximate surface area is 100 Å². The maximum Gasteiger partial charge on any atom is 0.187 e. The minimum Gasteiger partial charge on any atom is -0.612 e. The number of nitrogens with zero attached hydrogens (tertiary/aromatic N) is 2. The fraction of sp³-hybridized carbons (Fsp3) is 0. The third kappa shape index (κ3) is 2.14. The molecule has 0 atom stereocenters. The van der Waals surface area contributed by atoms with Crippen LogP contribution in [0.3, 0.4) is 0 Å². The van der Waals surface area contributed by atoms with Gasteiger partial charge in [0.25, 0.3) is 0 Å². The van der Waals surface area contributed by atoms with E-state index in [-0.39, 0.29) is 0 Å². The minimum atomic E-state index is -0.476. The molecular formula is C9H7IN3O2-. The molecule has 6 heteroatoms. The second-order valence-electron chi connectivity index (χ2n) is 2.93. The van der Waals surface area contributed by atoms with E-state index in [1.54, 1.807) is 0 Å². The van der Waals surface area contributed by atoms with Crippen molar-refractivity contribution in [1.29, 1.82) is 0 Å². The van der Waals surface area contributed by atoms with E-state index >= 15 is 0 Å². The monoisotopic (exact) mass is 316 g/mol. The van der Waals surface area contributed by atoms with E-state index in [4.69, 9.17) is 0 Å². The molecule has 0 saturated carbocycles. The molecule has 0 radical (unpaired) electrons. The molecule has 0 unspecified atom stereocenters. The van der Waals surface area contributed by atoms with Crippen molar-refractivity contribution >= 4 is 28.8 Å². The molecule has 2 aliphatic rings. The lowest BCUT2D eigenvalue weighted by Crippen LogP contribution is -2.16. The summed E-state index contributed by atoms with van der Waals surface area (Å²) >= 11 is 2.20. The Hall–Kier alpha value is -1.44. The van der Waals surface area contributed by atoms with E-state index in [1.165, 1.54) is 6.08 Å². The van der Waals surface area contributed by atoms with Crippen LogP contribution in [0.4, 0.5) is 0 Å². The second-order valence-corrected chi connectivity index (χ2v) is 4.03. The molecule has 0 spiro atoms. The van der Waals surface area contributed by atoms with Crippen molar-refractivity contribution in [2.24, 2.45) is 0 Å². The molecular weight excluding hydrogens is 309 g/mol. The summed E-state index contributed by atoms with van der Waals surface area (Å²) in [5.41, 5.74) is 0.796. The molecule has 0 aromatic heterocycles. The van der Waals surface area contributed by atoms with Gasteiger partial charge in [0.15, 0.2) is 6.21 Å². The molecule has 1 N–H and O–H groups in total. The van der Waals surface area contributed by atoms with Crippen LogP contribution in [0.5, 0.6) is 0 Å². The second kappa shape index (κ2) is 3.97. The van der Waals surface area contributed by atoms with E-state index < -0.39 is 4.90 Å². The van der Waals surface area contributed by atoms with Crippen LogP contribution < -0.4 is 5.32 Å². The summed E-state index contributed by atoms with van der Waals surface area (Å²) in [4.78, 5) is 1.49. The van der Waals surface area contributed by atoms with Gasteiger partial charge in [-0.25, -0.2) is 0 Å². The summed E-state index contributed by atoms with van der Waals surface area (Å²) in [5, 5.41) is 23.4. The largest absolute Gasteiger partial charge is 0.612 e. The highest BCUT2D eigenvalue weighted by atomic mass is 127. The van der Waals surface area contributed by atoms with Crippen molar-refractivity contribution < 1.29 is 4.90 Å². The van der Waals surface area contributed by atoms with E-state index in [1.807, 2.05) is 29.5 Å². The van der Waals surface area contributed by atoms with Crippen LogP contribution >= 0.6 is 22.6 Å². The highest BCUT2D eigenvalue weighted by Crippen LogP contribution is 2.27. The lowest BCUT2D eigenvalue weighted by molar-refractivity contribution is -0.372. The molecule has 15 heavy (non-hydrogen) atoms. The maximum absolute atomic E-state index is 10.1. The van der Waals surface area contributed by atoms with Gasteiger partial charge in [0.2, 0.25) is 0 Å². The van der Waals surface area contributed by atoms with Crippen molar-refractivity contribution in [3.8, 4) is 0 Å². The Morgan fingerprint density at radius 1 is 1.47 bits per heavy atom. The quantitative estimate of drug-likeness (QED) is 0.262. The number of halogens is 1. The molecule has 0 amide bonds. The molecule has 2 aliphatic heterocycles. The van der Waals surface area contributed by atoms with Gasteiger partial charge in [-0.1, -0.05) is 0 Å². The zero-order valence-electron chi connectivity index (χ0n) is 7.55. The minimum absolute atomic E-state index is 0.476. The average Bonchev–Trinajstić information content (AvgIpc) is 2.57. The van der Waals surface area contributed by atoms with E-state index in [0.717, 1.165) is 21.3 Å². The zero-order chi connectivity index (χ0) is 10.8. The van der Waals surface area contributed by atoms with Crippen molar-refractivity contribution in [2.75, 3.05) is 0 Å². The molecule has 5 nitrogen and oxygen atoms in total. The van der Waals surface area contributed by atoms with Crippen LogP contribution in [0.25, 0.3) is 0 Å². The lowest BCUT2D eigenvalue weighted by Gasteiger charge is -2.19. The SMILES string of the molecule is [O-][N+]([O-])=CC=C1C=CN2C(I)=CNC2=C1. The van der Waals surface area contributed by atoms with Gasteiger partial charge >= 0.3 is 0 Å². The molecule has 0 bridgehead atoms. The van der Waals surface area contributed by atoms with E-state index in [9.17, 15) is 10.4 Å². The summed E-state index contributed by atoms with van der Waals surface area (Å²) in [6, 6.07) is 0. The van der Waals surface area contributed by atoms with Gasteiger partial charge in [0, 0.05) is 18.5 Å². The number of hydrogen-bond acceptors (Lipinski definition) is 4. The van der Waals surface area contributed by atoms with Gasteiger partial charge in [-0.2, -0.15) is 4.90 Å². The van der Waals surface area contributed by atoms with Crippen LogP contribution in [0, 0.1) is 10.4 Å². The highest BCUT2D eigenvalue weighted by molar-refractivity contribution is 14.1. The fourth-order valence-corrected chi connectivity index (χ4v) is 1.84. The normalized spacial score (nSPS) is 20.6. The molecule has 0 fully saturated rings. The summed E-state index contributed by atoms with van der Waals surface area (Å²) in [6.07, 6.45) is 9.81. The van der Waals surface area contributed by atoms with Crippen LogP contribution in [-0.2, 0) is 0 Å². The fourth-order valence-electron chi connectivity index (χ4n) is 1.27. The Kier molecular flexibility index (Phi) is 2.67. The van der Waals surface area contributed by atoms with Crippen LogP contribution in [0.2, 0.25) is 0 Å². The smallest absolute Gasteiger partial charge is 0.187 e. The Bertz CT molecular complexity index is 431. The Morgan fingerprint density at radius 3 is 3.00 bits per heavy atom. The van der Waals surface area contributed by atoms with Crippen molar-refractivity contribution in [3.63, 3.8) is 0 Å². The van der Waals surface area contributed by atoms with Gasteiger partial charge in [-0.3, -0.25) is 4.90 Å². The number of fused-ring (bicyclic) bond motifs is 1. The van der Waals surface area contributed by atoms with Crippen molar-refractivity contribution in [3.05, 3.63) is 56.1 Å². The molecule has 2 rings (SSSR count). The maximum atomic E-state index is 10.1. The van der Waals surface area contributed by atoms with Gasteiger partial charge < -0.3 is 15.7 Å². The summed E-state index contributed by atoms with van der Waals surface area (Å²) in [7, 11) is 0. The molecule has 0 aromatic rings. The topological polar surface area (TPSA) is 64.4 Å². The van der Waals surface area contributed by atoms with Crippen molar-refractivity contribution in [1.82, 2.24) is 10.2 Å². The third-order valence-electron chi connectivity index (χ3n) is 1.94. The highest BCUT2D eigenvalue weighted by Gasteiger charge is 2.18. The molecule has 0 aliphatic carbocycles. The first-order valence-corrected chi connectivity index (χ1v) is 5.25. The van der Waals surface area contributed by atoms with Gasteiger partial charge in [0.05, 0.1) is 0 Å². The number of hydrogen-bond donors (Lipinski definition) is 1. The van der Waals surface area contributed by atoms with Crippen LogP contribution in [-0.4, -0.2) is 16.0 Å². The lowest BCUT2D eigenvalue weighted by atomic mass is 10.2. The van der Waals surface area contributed by atoms with Crippen molar-refractivity contribution in [2.45, 2.75) is 0 Å². The number of allylic oxidation sites excluding steroid dienone is 4. The van der Waals surface area contributed by atoms with E-state index in [0.29, 0.717) is 0 Å². The first-order chi connectivity index (χ1) is 7.16. The third-order valence-corrected chi connectivity index (χ3v) is 2.77. The van der Waals surface area contributed by atoms with Crippen LogP contribution in [0.15, 0.2) is 45.7 Å².